The van der Waals surface area contributed by atoms with Crippen molar-refractivity contribution in [3.63, 3.8) is 0 Å². The Kier molecular flexibility index (Phi) is 3.74. The van der Waals surface area contributed by atoms with E-state index in [9.17, 15) is 4.79 Å². The average Bonchev–Trinajstić information content (AvgIpc) is 2.03. The lowest BCUT2D eigenvalue weighted by Gasteiger charge is -2.38. The fourth-order valence-corrected chi connectivity index (χ4v) is 1.24. The molecule has 0 atom stereocenters. The smallest absolute Gasteiger partial charge is 0.236 e. The molecular weight excluding hydrogens is 168 g/mol. The SMILES string of the molecule is C#CCNCC(=O)N1CC(CO)C1. The number of rotatable bonds is 4. The maximum Gasteiger partial charge on any atom is 0.236 e. The first-order chi connectivity index (χ1) is 6.27. The summed E-state index contributed by atoms with van der Waals surface area (Å²) in [6.07, 6.45) is 5.01. The summed E-state index contributed by atoms with van der Waals surface area (Å²) in [5.41, 5.74) is 0. The number of carbonyl (C=O) groups excluding carboxylic acids is 1. The van der Waals surface area contributed by atoms with E-state index in [1.165, 1.54) is 0 Å². The van der Waals surface area contributed by atoms with Crippen molar-refractivity contribution >= 4 is 5.91 Å². The summed E-state index contributed by atoms with van der Waals surface area (Å²) in [5, 5.41) is 11.5. The van der Waals surface area contributed by atoms with Crippen LogP contribution in [0.5, 0.6) is 0 Å². The normalized spacial score (nSPS) is 16.5. The Morgan fingerprint density at radius 1 is 1.69 bits per heavy atom. The highest BCUT2D eigenvalue weighted by atomic mass is 16.3. The van der Waals surface area contributed by atoms with E-state index >= 15 is 0 Å². The molecule has 0 unspecified atom stereocenters. The van der Waals surface area contributed by atoms with Gasteiger partial charge in [0.15, 0.2) is 0 Å². The standard InChI is InChI=1S/C9H14N2O2/c1-2-3-10-4-9(13)11-5-8(6-11)7-12/h1,8,10,12H,3-7H2. The molecule has 0 aliphatic carbocycles. The number of carbonyl (C=O) groups is 1. The third-order valence-electron chi connectivity index (χ3n) is 2.07. The van der Waals surface area contributed by atoms with Gasteiger partial charge < -0.3 is 10.0 Å². The summed E-state index contributed by atoms with van der Waals surface area (Å²) in [6, 6.07) is 0. The minimum absolute atomic E-state index is 0.0555. The predicted octanol–water partition coefficient (Wildman–Crippen LogP) is -1.34. The second-order valence-electron chi connectivity index (χ2n) is 3.15. The number of aliphatic hydroxyl groups is 1. The van der Waals surface area contributed by atoms with Crippen LogP contribution in [0.2, 0.25) is 0 Å². The van der Waals surface area contributed by atoms with E-state index in [0.29, 0.717) is 26.2 Å². The van der Waals surface area contributed by atoms with Crippen LogP contribution in [-0.2, 0) is 4.79 Å². The maximum atomic E-state index is 11.3. The Morgan fingerprint density at radius 2 is 2.38 bits per heavy atom. The molecule has 0 spiro atoms. The number of hydrogen-bond acceptors (Lipinski definition) is 3. The summed E-state index contributed by atoms with van der Waals surface area (Å²) in [4.78, 5) is 13.0. The van der Waals surface area contributed by atoms with E-state index in [1.807, 2.05) is 0 Å². The molecule has 1 fully saturated rings. The van der Waals surface area contributed by atoms with Crippen molar-refractivity contribution in [3.8, 4) is 12.3 Å². The molecule has 13 heavy (non-hydrogen) atoms. The van der Waals surface area contributed by atoms with Crippen molar-refractivity contribution in [1.29, 1.82) is 0 Å². The Hall–Kier alpha value is -1.05. The number of aliphatic hydroxyl groups excluding tert-OH is 1. The van der Waals surface area contributed by atoms with Crippen LogP contribution in [0, 0.1) is 18.3 Å². The van der Waals surface area contributed by atoms with E-state index < -0.39 is 0 Å². The summed E-state index contributed by atoms with van der Waals surface area (Å²) in [6.45, 7) is 2.23. The van der Waals surface area contributed by atoms with Gasteiger partial charge in [-0.2, -0.15) is 0 Å². The summed E-state index contributed by atoms with van der Waals surface area (Å²) < 4.78 is 0. The van der Waals surface area contributed by atoms with Crippen molar-refractivity contribution in [3.05, 3.63) is 0 Å². The fourth-order valence-electron chi connectivity index (χ4n) is 1.24. The molecule has 2 N–H and O–H groups in total. The Bertz CT molecular complexity index is 216. The highest BCUT2D eigenvalue weighted by molar-refractivity contribution is 5.79. The highest BCUT2D eigenvalue weighted by Gasteiger charge is 2.29. The number of terminal acetylenes is 1. The monoisotopic (exact) mass is 182 g/mol. The van der Waals surface area contributed by atoms with Gasteiger partial charge in [0.1, 0.15) is 0 Å². The molecule has 1 aliphatic heterocycles. The van der Waals surface area contributed by atoms with Crippen LogP contribution in [-0.4, -0.2) is 48.7 Å². The molecule has 1 saturated heterocycles. The van der Waals surface area contributed by atoms with E-state index in [-0.39, 0.29) is 18.4 Å². The molecule has 1 aliphatic rings. The zero-order chi connectivity index (χ0) is 9.68. The minimum Gasteiger partial charge on any atom is -0.396 e. The van der Waals surface area contributed by atoms with E-state index in [0.717, 1.165) is 0 Å². The molecule has 0 aromatic carbocycles. The lowest BCUT2D eigenvalue weighted by Crippen LogP contribution is -2.53. The molecule has 0 bridgehead atoms. The predicted molar refractivity (Wildman–Crippen MR) is 48.9 cm³/mol. The van der Waals surface area contributed by atoms with Gasteiger partial charge in [-0.1, -0.05) is 5.92 Å². The fraction of sp³-hybridized carbons (Fsp3) is 0.667. The van der Waals surface area contributed by atoms with Crippen LogP contribution in [0.25, 0.3) is 0 Å². The van der Waals surface area contributed by atoms with Gasteiger partial charge in [-0.25, -0.2) is 0 Å². The van der Waals surface area contributed by atoms with E-state index in [2.05, 4.69) is 11.2 Å². The van der Waals surface area contributed by atoms with Gasteiger partial charge in [-0.05, 0) is 0 Å². The average molecular weight is 182 g/mol. The van der Waals surface area contributed by atoms with Crippen LogP contribution >= 0.6 is 0 Å². The maximum absolute atomic E-state index is 11.3. The van der Waals surface area contributed by atoms with E-state index in [4.69, 9.17) is 11.5 Å². The Labute approximate surface area is 77.9 Å². The van der Waals surface area contributed by atoms with Crippen LogP contribution in [0.4, 0.5) is 0 Å². The van der Waals surface area contributed by atoms with Gasteiger partial charge in [-0.3, -0.25) is 10.1 Å². The summed E-state index contributed by atoms with van der Waals surface area (Å²) in [7, 11) is 0. The lowest BCUT2D eigenvalue weighted by molar-refractivity contribution is -0.137. The molecule has 0 radical (unpaired) electrons. The number of amides is 1. The molecule has 1 rings (SSSR count). The molecule has 72 valence electrons. The van der Waals surface area contributed by atoms with Crippen molar-refractivity contribution in [2.24, 2.45) is 5.92 Å². The largest absolute Gasteiger partial charge is 0.396 e. The van der Waals surface area contributed by atoms with Gasteiger partial charge in [0, 0.05) is 25.6 Å². The van der Waals surface area contributed by atoms with Crippen molar-refractivity contribution in [2.75, 3.05) is 32.8 Å². The van der Waals surface area contributed by atoms with Crippen LogP contribution in [0.3, 0.4) is 0 Å². The topological polar surface area (TPSA) is 52.6 Å². The number of nitrogens with one attached hydrogen (secondary N) is 1. The molecule has 0 aromatic heterocycles. The summed E-state index contributed by atoms with van der Waals surface area (Å²) in [5.74, 6) is 2.73. The van der Waals surface area contributed by atoms with Crippen LogP contribution in [0.1, 0.15) is 0 Å². The third-order valence-corrected chi connectivity index (χ3v) is 2.07. The Balaban J connectivity index is 2.09. The van der Waals surface area contributed by atoms with Crippen molar-refractivity contribution in [1.82, 2.24) is 10.2 Å². The Morgan fingerprint density at radius 3 is 2.92 bits per heavy atom. The quantitative estimate of drug-likeness (QED) is 0.418. The lowest BCUT2D eigenvalue weighted by atomic mass is 10.0. The van der Waals surface area contributed by atoms with Gasteiger partial charge in [0.2, 0.25) is 5.91 Å². The molecule has 4 nitrogen and oxygen atoms in total. The molecule has 1 heterocycles. The second-order valence-corrected chi connectivity index (χ2v) is 3.15. The van der Waals surface area contributed by atoms with Gasteiger partial charge >= 0.3 is 0 Å². The molecule has 0 aromatic rings. The first-order valence-electron chi connectivity index (χ1n) is 4.30. The molecule has 4 heteroatoms. The number of nitrogens with zero attached hydrogens (tertiary/aromatic N) is 1. The van der Waals surface area contributed by atoms with Crippen molar-refractivity contribution in [2.45, 2.75) is 0 Å². The molecular formula is C9H14N2O2. The van der Waals surface area contributed by atoms with Crippen LogP contribution in [0.15, 0.2) is 0 Å². The van der Waals surface area contributed by atoms with Gasteiger partial charge in [0.25, 0.3) is 0 Å². The molecule has 0 saturated carbocycles. The number of hydrogen-bond donors (Lipinski definition) is 2. The van der Waals surface area contributed by atoms with E-state index in [1.54, 1.807) is 4.90 Å². The molecule has 1 amide bonds. The van der Waals surface area contributed by atoms with Crippen LogP contribution < -0.4 is 5.32 Å². The summed E-state index contributed by atoms with van der Waals surface area (Å²) >= 11 is 0. The highest BCUT2D eigenvalue weighted by Crippen LogP contribution is 2.13. The third kappa shape index (κ3) is 2.72. The van der Waals surface area contributed by atoms with Gasteiger partial charge in [-0.15, -0.1) is 6.42 Å². The number of likely N-dealkylation sites (tertiary alicyclic amines) is 1. The second kappa shape index (κ2) is 4.85. The minimum atomic E-state index is 0.0555. The zero-order valence-corrected chi connectivity index (χ0v) is 7.49. The van der Waals surface area contributed by atoms with Crippen molar-refractivity contribution < 1.29 is 9.90 Å². The zero-order valence-electron chi connectivity index (χ0n) is 7.49. The first-order valence-corrected chi connectivity index (χ1v) is 4.30. The van der Waals surface area contributed by atoms with Gasteiger partial charge in [0.05, 0.1) is 13.1 Å². The first kappa shape index (κ1) is 10.0.